The number of carbonyl (C=O) groups is 1. The molecule has 1 fully saturated rings. The van der Waals surface area contributed by atoms with Gasteiger partial charge in [0.2, 0.25) is 0 Å². The van der Waals surface area contributed by atoms with E-state index >= 15 is 0 Å². The molecule has 2 aromatic carbocycles. The fourth-order valence-electron chi connectivity index (χ4n) is 3.08. The van der Waals surface area contributed by atoms with Gasteiger partial charge in [-0.3, -0.25) is 0 Å². The minimum absolute atomic E-state index is 0.281. The molecule has 0 aliphatic carbocycles. The van der Waals surface area contributed by atoms with Gasteiger partial charge in [-0.05, 0) is 63.8 Å². The summed E-state index contributed by atoms with van der Waals surface area (Å²) >= 11 is 0. The number of anilines is 1. The molecule has 2 aromatic rings. The molecule has 31 heavy (non-hydrogen) atoms. The summed E-state index contributed by atoms with van der Waals surface area (Å²) in [5.41, 5.74) is 0.858. The lowest BCUT2D eigenvalue weighted by Crippen LogP contribution is -2.41. The Kier molecular flexibility index (Phi) is 7.13. The lowest BCUT2D eigenvalue weighted by Gasteiger charge is -2.32. The van der Waals surface area contributed by atoms with Crippen LogP contribution >= 0.6 is 0 Å². The standard InChI is InChI=1S/C23H31BN2O5/c1-22(2)23(3,4)31-24(30-22)17-11-13-18(14-12-17)29-16-8-15-25-21(27)26-19-9-6-7-10-20(19)28-5/h6-7,9-14H,8,15-16H2,1-5H3,(H2,25,26,27). The predicted molar refractivity (Wildman–Crippen MR) is 122 cm³/mol. The summed E-state index contributed by atoms with van der Waals surface area (Å²) < 4.78 is 23.1. The molecule has 166 valence electrons. The van der Waals surface area contributed by atoms with Crippen LogP contribution in [0.5, 0.6) is 11.5 Å². The third-order valence-electron chi connectivity index (χ3n) is 5.64. The summed E-state index contributed by atoms with van der Waals surface area (Å²) in [5, 5.41) is 5.59. The summed E-state index contributed by atoms with van der Waals surface area (Å²) in [6.45, 7) is 9.13. The molecular formula is C23H31BN2O5. The van der Waals surface area contributed by atoms with Crippen molar-refractivity contribution in [2.45, 2.75) is 45.3 Å². The van der Waals surface area contributed by atoms with Crippen molar-refractivity contribution >= 4 is 24.3 Å². The van der Waals surface area contributed by atoms with Gasteiger partial charge in [-0.25, -0.2) is 4.79 Å². The first kappa shape index (κ1) is 23.0. The van der Waals surface area contributed by atoms with Gasteiger partial charge in [0, 0.05) is 6.54 Å². The Morgan fingerprint density at radius 1 is 1.00 bits per heavy atom. The van der Waals surface area contributed by atoms with E-state index in [2.05, 4.69) is 10.6 Å². The number of para-hydroxylation sites is 2. The number of urea groups is 1. The van der Waals surface area contributed by atoms with Gasteiger partial charge in [0.15, 0.2) is 0 Å². The number of benzene rings is 2. The molecule has 0 radical (unpaired) electrons. The van der Waals surface area contributed by atoms with Crippen molar-refractivity contribution in [3.63, 3.8) is 0 Å². The molecular weight excluding hydrogens is 395 g/mol. The van der Waals surface area contributed by atoms with E-state index in [0.717, 1.165) is 11.2 Å². The molecule has 1 aliphatic heterocycles. The molecule has 0 bridgehead atoms. The molecule has 1 saturated heterocycles. The van der Waals surface area contributed by atoms with E-state index in [1.807, 2.05) is 64.1 Å². The average Bonchev–Trinajstić information content (AvgIpc) is 2.95. The van der Waals surface area contributed by atoms with Crippen LogP contribution < -0.4 is 25.6 Å². The minimum atomic E-state index is -0.384. The molecule has 2 amide bonds. The van der Waals surface area contributed by atoms with E-state index in [4.69, 9.17) is 18.8 Å². The zero-order valence-electron chi connectivity index (χ0n) is 18.9. The topological polar surface area (TPSA) is 78.1 Å². The van der Waals surface area contributed by atoms with Crippen LogP contribution in [0.25, 0.3) is 0 Å². The third-order valence-corrected chi connectivity index (χ3v) is 5.64. The van der Waals surface area contributed by atoms with Crippen LogP contribution in [-0.2, 0) is 9.31 Å². The van der Waals surface area contributed by atoms with Crippen LogP contribution in [0, 0.1) is 0 Å². The van der Waals surface area contributed by atoms with Crippen LogP contribution in [0.15, 0.2) is 48.5 Å². The molecule has 0 atom stereocenters. The molecule has 7 nitrogen and oxygen atoms in total. The fourth-order valence-corrected chi connectivity index (χ4v) is 3.08. The van der Waals surface area contributed by atoms with Gasteiger partial charge in [-0.2, -0.15) is 0 Å². The molecule has 3 rings (SSSR count). The van der Waals surface area contributed by atoms with Gasteiger partial charge < -0.3 is 29.4 Å². The van der Waals surface area contributed by atoms with Gasteiger partial charge in [-0.1, -0.05) is 24.3 Å². The number of hydrogen-bond donors (Lipinski definition) is 2. The van der Waals surface area contributed by atoms with Gasteiger partial charge in [-0.15, -0.1) is 0 Å². The van der Waals surface area contributed by atoms with Gasteiger partial charge in [0.25, 0.3) is 0 Å². The molecule has 1 aliphatic rings. The minimum Gasteiger partial charge on any atom is -0.495 e. The number of amides is 2. The van der Waals surface area contributed by atoms with Gasteiger partial charge >= 0.3 is 13.1 Å². The number of nitrogens with one attached hydrogen (secondary N) is 2. The molecule has 0 saturated carbocycles. The van der Waals surface area contributed by atoms with Crippen molar-refractivity contribution in [1.29, 1.82) is 0 Å². The Morgan fingerprint density at radius 2 is 1.65 bits per heavy atom. The number of methoxy groups -OCH3 is 1. The Morgan fingerprint density at radius 3 is 2.29 bits per heavy atom. The summed E-state index contributed by atoms with van der Waals surface area (Å²) in [6, 6.07) is 14.7. The van der Waals surface area contributed by atoms with E-state index in [0.29, 0.717) is 31.0 Å². The summed E-state index contributed by atoms with van der Waals surface area (Å²) in [5.74, 6) is 1.38. The lowest BCUT2D eigenvalue weighted by atomic mass is 9.79. The Labute approximate surface area is 184 Å². The summed E-state index contributed by atoms with van der Waals surface area (Å²) in [7, 11) is 1.18. The van der Waals surface area contributed by atoms with E-state index in [-0.39, 0.29) is 24.4 Å². The first-order valence-electron chi connectivity index (χ1n) is 10.5. The highest BCUT2D eigenvalue weighted by atomic mass is 16.7. The Bertz CT molecular complexity index is 870. The van der Waals surface area contributed by atoms with E-state index in [9.17, 15) is 4.79 Å². The van der Waals surface area contributed by atoms with Crippen LogP contribution in [0.2, 0.25) is 0 Å². The first-order valence-corrected chi connectivity index (χ1v) is 10.5. The van der Waals surface area contributed by atoms with Crippen molar-refractivity contribution < 1.29 is 23.6 Å². The number of ether oxygens (including phenoxy) is 2. The zero-order chi connectivity index (χ0) is 22.5. The van der Waals surface area contributed by atoms with E-state index in [1.165, 1.54) is 0 Å². The van der Waals surface area contributed by atoms with Crippen LogP contribution in [0.3, 0.4) is 0 Å². The SMILES string of the molecule is COc1ccccc1NC(=O)NCCCOc1ccc(B2OC(C)(C)C(C)(C)O2)cc1. The highest BCUT2D eigenvalue weighted by Gasteiger charge is 2.51. The molecule has 1 heterocycles. The van der Waals surface area contributed by atoms with Crippen LogP contribution in [0.1, 0.15) is 34.1 Å². The van der Waals surface area contributed by atoms with Crippen molar-refractivity contribution in [3.8, 4) is 11.5 Å². The van der Waals surface area contributed by atoms with Gasteiger partial charge in [0.05, 0.1) is 30.6 Å². The first-order chi connectivity index (χ1) is 14.7. The second-order valence-electron chi connectivity index (χ2n) is 8.44. The second kappa shape index (κ2) is 9.62. The number of hydrogen-bond acceptors (Lipinski definition) is 5. The summed E-state index contributed by atoms with van der Waals surface area (Å²) in [6.07, 6.45) is 0.679. The lowest BCUT2D eigenvalue weighted by molar-refractivity contribution is 0.00578. The quantitative estimate of drug-likeness (QED) is 0.499. The van der Waals surface area contributed by atoms with Crippen molar-refractivity contribution in [2.24, 2.45) is 0 Å². The van der Waals surface area contributed by atoms with Crippen LogP contribution in [-0.4, -0.2) is 44.6 Å². The maximum atomic E-state index is 12.0. The molecule has 0 unspecified atom stereocenters. The summed E-state index contributed by atoms with van der Waals surface area (Å²) in [4.78, 5) is 12.0. The number of carbonyl (C=O) groups excluding carboxylic acids is 1. The zero-order valence-corrected chi connectivity index (χ0v) is 18.9. The van der Waals surface area contributed by atoms with Crippen LogP contribution in [0.4, 0.5) is 10.5 Å². The normalized spacial score (nSPS) is 16.6. The predicted octanol–water partition coefficient (Wildman–Crippen LogP) is 3.59. The highest BCUT2D eigenvalue weighted by molar-refractivity contribution is 6.62. The van der Waals surface area contributed by atoms with E-state index < -0.39 is 0 Å². The smallest absolute Gasteiger partial charge is 0.494 e. The molecule has 8 heteroatoms. The fraction of sp³-hybridized carbons (Fsp3) is 0.435. The second-order valence-corrected chi connectivity index (χ2v) is 8.44. The van der Waals surface area contributed by atoms with Crippen molar-refractivity contribution in [3.05, 3.63) is 48.5 Å². The maximum absolute atomic E-state index is 12.0. The highest BCUT2D eigenvalue weighted by Crippen LogP contribution is 2.36. The van der Waals surface area contributed by atoms with Gasteiger partial charge in [0.1, 0.15) is 11.5 Å². The Hall–Kier alpha value is -2.71. The van der Waals surface area contributed by atoms with Crippen molar-refractivity contribution in [1.82, 2.24) is 5.32 Å². The third kappa shape index (κ3) is 5.71. The molecule has 0 aromatic heterocycles. The largest absolute Gasteiger partial charge is 0.495 e. The molecule has 2 N–H and O–H groups in total. The Balaban J connectivity index is 1.38. The average molecular weight is 426 g/mol. The van der Waals surface area contributed by atoms with Crippen molar-refractivity contribution in [2.75, 3.05) is 25.6 Å². The monoisotopic (exact) mass is 426 g/mol. The number of rotatable bonds is 8. The molecule has 0 spiro atoms. The maximum Gasteiger partial charge on any atom is 0.494 e. The van der Waals surface area contributed by atoms with E-state index in [1.54, 1.807) is 19.2 Å².